The summed E-state index contributed by atoms with van der Waals surface area (Å²) in [6, 6.07) is 4.25. The number of pyridine rings is 1. The molecule has 0 saturated heterocycles. The van der Waals surface area contributed by atoms with Crippen molar-refractivity contribution < 1.29 is 0 Å². The van der Waals surface area contributed by atoms with Gasteiger partial charge < -0.3 is 10.6 Å². The van der Waals surface area contributed by atoms with Gasteiger partial charge in [-0.15, -0.1) is 0 Å². The maximum atomic E-state index is 4.52. The molecule has 0 bridgehead atoms. The number of aryl methyl sites for hydroxylation is 1. The molecule has 0 aliphatic rings. The Morgan fingerprint density at radius 1 is 1.00 bits per heavy atom. The van der Waals surface area contributed by atoms with Crippen LogP contribution in [0.2, 0.25) is 0 Å². The largest absolute Gasteiger partial charge is 0.365 e. The van der Waals surface area contributed by atoms with Gasteiger partial charge in [-0.25, -0.2) is 4.98 Å². The Labute approximate surface area is 111 Å². The first-order chi connectivity index (χ1) is 8.05. The highest BCUT2D eigenvalue weighted by atomic mass is 15.0. The number of hydrogen-bond acceptors (Lipinski definition) is 3. The highest BCUT2D eigenvalue weighted by Gasteiger charge is 2.12. The van der Waals surface area contributed by atoms with Crippen molar-refractivity contribution >= 4 is 5.82 Å². The summed E-state index contributed by atoms with van der Waals surface area (Å²) in [7, 11) is 0. The predicted molar refractivity (Wildman–Crippen MR) is 78.9 cm³/mol. The van der Waals surface area contributed by atoms with E-state index in [9.17, 15) is 0 Å². The minimum absolute atomic E-state index is 0.0372. The van der Waals surface area contributed by atoms with E-state index in [0.29, 0.717) is 0 Å². The summed E-state index contributed by atoms with van der Waals surface area (Å²) in [6.45, 7) is 15.9. The van der Waals surface area contributed by atoms with E-state index >= 15 is 0 Å². The lowest BCUT2D eigenvalue weighted by Gasteiger charge is -2.23. The minimum atomic E-state index is 0.0372. The Morgan fingerprint density at radius 3 is 2.11 bits per heavy atom. The van der Waals surface area contributed by atoms with Crippen molar-refractivity contribution in [3.8, 4) is 0 Å². The van der Waals surface area contributed by atoms with Gasteiger partial charge in [0.05, 0.1) is 0 Å². The highest BCUT2D eigenvalue weighted by molar-refractivity contribution is 5.41. The number of rotatable bonds is 3. The first-order valence-corrected chi connectivity index (χ1v) is 6.56. The van der Waals surface area contributed by atoms with Crippen LogP contribution in [0.5, 0.6) is 0 Å². The first-order valence-electron chi connectivity index (χ1n) is 6.56. The quantitative estimate of drug-likeness (QED) is 0.861. The van der Waals surface area contributed by atoms with E-state index in [1.54, 1.807) is 0 Å². The molecular weight excluding hydrogens is 222 g/mol. The third kappa shape index (κ3) is 6.01. The van der Waals surface area contributed by atoms with Crippen molar-refractivity contribution in [3.05, 3.63) is 23.4 Å². The van der Waals surface area contributed by atoms with Gasteiger partial charge in [0, 0.05) is 23.3 Å². The lowest BCUT2D eigenvalue weighted by molar-refractivity contribution is 0.424. The van der Waals surface area contributed by atoms with Crippen LogP contribution in [0.25, 0.3) is 0 Å². The van der Waals surface area contributed by atoms with Gasteiger partial charge in [0.15, 0.2) is 0 Å². The number of nitrogens with one attached hydrogen (secondary N) is 2. The van der Waals surface area contributed by atoms with Crippen molar-refractivity contribution in [2.24, 2.45) is 0 Å². The van der Waals surface area contributed by atoms with Crippen LogP contribution >= 0.6 is 0 Å². The van der Waals surface area contributed by atoms with E-state index in [-0.39, 0.29) is 11.1 Å². The second-order valence-electron chi connectivity index (χ2n) is 6.98. The summed E-state index contributed by atoms with van der Waals surface area (Å²) in [5.74, 6) is 0.952. The minimum Gasteiger partial charge on any atom is -0.365 e. The number of aromatic nitrogens is 1. The molecule has 0 amide bonds. The molecular formula is C15H27N3. The number of anilines is 1. The molecule has 3 heteroatoms. The molecule has 18 heavy (non-hydrogen) atoms. The summed E-state index contributed by atoms with van der Waals surface area (Å²) in [6.07, 6.45) is 0. The van der Waals surface area contributed by atoms with Crippen LogP contribution in [0.15, 0.2) is 12.1 Å². The van der Waals surface area contributed by atoms with E-state index in [4.69, 9.17) is 0 Å². The van der Waals surface area contributed by atoms with Crippen molar-refractivity contribution in [2.75, 3.05) is 5.32 Å². The fraction of sp³-hybridized carbons (Fsp3) is 0.667. The number of hydrogen-bond donors (Lipinski definition) is 2. The molecule has 1 aromatic rings. The molecule has 1 heterocycles. The second kappa shape index (κ2) is 5.27. The zero-order valence-electron chi connectivity index (χ0n) is 12.8. The molecule has 1 rings (SSSR count). The number of nitrogens with zero attached hydrogens (tertiary/aromatic N) is 1. The lowest BCUT2D eigenvalue weighted by Crippen LogP contribution is -2.35. The monoisotopic (exact) mass is 249 g/mol. The molecule has 0 unspecified atom stereocenters. The fourth-order valence-corrected chi connectivity index (χ4v) is 1.66. The average molecular weight is 249 g/mol. The van der Waals surface area contributed by atoms with Crippen LogP contribution in [0.1, 0.15) is 52.8 Å². The molecule has 0 aliphatic heterocycles. The predicted octanol–water partition coefficient (Wildman–Crippen LogP) is 3.49. The molecule has 0 atom stereocenters. The smallest absolute Gasteiger partial charge is 0.126 e. The van der Waals surface area contributed by atoms with Crippen LogP contribution in [-0.4, -0.2) is 16.1 Å². The Kier molecular flexibility index (Phi) is 4.38. The van der Waals surface area contributed by atoms with E-state index < -0.39 is 0 Å². The first kappa shape index (κ1) is 15.0. The van der Waals surface area contributed by atoms with Crippen LogP contribution in [-0.2, 0) is 6.54 Å². The molecule has 0 radical (unpaired) electrons. The van der Waals surface area contributed by atoms with E-state index in [0.717, 1.165) is 18.1 Å². The van der Waals surface area contributed by atoms with Crippen molar-refractivity contribution in [1.82, 2.24) is 10.3 Å². The molecule has 0 aromatic carbocycles. The van der Waals surface area contributed by atoms with Crippen LogP contribution in [0.4, 0.5) is 5.82 Å². The maximum absolute atomic E-state index is 4.52. The molecule has 102 valence electrons. The summed E-state index contributed by atoms with van der Waals surface area (Å²) < 4.78 is 0. The van der Waals surface area contributed by atoms with Gasteiger partial charge in [-0.05, 0) is 66.2 Å². The third-order valence-electron chi connectivity index (χ3n) is 2.34. The van der Waals surface area contributed by atoms with Crippen molar-refractivity contribution in [1.29, 1.82) is 0 Å². The zero-order chi connectivity index (χ0) is 14.0. The van der Waals surface area contributed by atoms with E-state index in [1.807, 2.05) is 6.92 Å². The summed E-state index contributed by atoms with van der Waals surface area (Å²) in [4.78, 5) is 4.52. The summed E-state index contributed by atoms with van der Waals surface area (Å²) >= 11 is 0. The lowest BCUT2D eigenvalue weighted by atomic mass is 10.1. The van der Waals surface area contributed by atoms with E-state index in [1.165, 1.54) is 5.56 Å². The van der Waals surface area contributed by atoms with Gasteiger partial charge in [0.2, 0.25) is 0 Å². The zero-order valence-corrected chi connectivity index (χ0v) is 12.8. The second-order valence-corrected chi connectivity index (χ2v) is 6.98. The normalized spacial score (nSPS) is 12.6. The summed E-state index contributed by atoms with van der Waals surface area (Å²) in [5.41, 5.74) is 2.49. The Morgan fingerprint density at radius 2 is 1.61 bits per heavy atom. The Balaban J connectivity index is 2.81. The van der Waals surface area contributed by atoms with Gasteiger partial charge >= 0.3 is 0 Å². The maximum Gasteiger partial charge on any atom is 0.126 e. The molecule has 0 fully saturated rings. The standard InChI is InChI=1S/C15H27N3/c1-11-8-12(10-16-14(2,3)4)9-13(17-11)18-15(5,6)7/h8-9,16H,10H2,1-7H3,(H,17,18). The van der Waals surface area contributed by atoms with E-state index in [2.05, 4.69) is 69.3 Å². The summed E-state index contributed by atoms with van der Waals surface area (Å²) in [5, 5.41) is 6.92. The Hall–Kier alpha value is -1.09. The van der Waals surface area contributed by atoms with Gasteiger partial charge in [-0.2, -0.15) is 0 Å². The fourth-order valence-electron chi connectivity index (χ4n) is 1.66. The van der Waals surface area contributed by atoms with Crippen LogP contribution in [0.3, 0.4) is 0 Å². The van der Waals surface area contributed by atoms with Crippen molar-refractivity contribution in [3.63, 3.8) is 0 Å². The van der Waals surface area contributed by atoms with Crippen LogP contribution < -0.4 is 10.6 Å². The molecule has 0 spiro atoms. The SMILES string of the molecule is Cc1cc(CNC(C)(C)C)cc(NC(C)(C)C)n1. The van der Waals surface area contributed by atoms with Gasteiger partial charge in [0.25, 0.3) is 0 Å². The third-order valence-corrected chi connectivity index (χ3v) is 2.34. The van der Waals surface area contributed by atoms with Gasteiger partial charge in [0.1, 0.15) is 5.82 Å². The van der Waals surface area contributed by atoms with Crippen LogP contribution in [0, 0.1) is 6.92 Å². The molecule has 3 nitrogen and oxygen atoms in total. The topological polar surface area (TPSA) is 37.0 Å². The molecule has 0 aliphatic carbocycles. The van der Waals surface area contributed by atoms with Crippen molar-refractivity contribution in [2.45, 2.75) is 66.1 Å². The van der Waals surface area contributed by atoms with Gasteiger partial charge in [-0.1, -0.05) is 0 Å². The van der Waals surface area contributed by atoms with Gasteiger partial charge in [-0.3, -0.25) is 0 Å². The average Bonchev–Trinajstić information content (AvgIpc) is 2.09. The Bertz CT molecular complexity index is 397. The molecule has 1 aromatic heterocycles. The molecule has 0 saturated carbocycles. The molecule has 2 N–H and O–H groups in total. The highest BCUT2D eigenvalue weighted by Crippen LogP contribution is 2.15.